The molecule has 0 saturated carbocycles. The molecule has 76 valence electrons. The lowest BCUT2D eigenvalue weighted by atomic mass is 10.1. The van der Waals surface area contributed by atoms with E-state index in [2.05, 4.69) is 16.8 Å². The Labute approximate surface area is 83.8 Å². The standard InChI is InChI=1S/C11H16N2O/c1-2-13-7-3-4-10(13)9-5-6-11(14)12-8-9/h5-6,8,10H,2-4,7H2,1H3,(H,12,14)/t10-/m0/s1. The monoisotopic (exact) mass is 192 g/mol. The summed E-state index contributed by atoms with van der Waals surface area (Å²) >= 11 is 0. The van der Waals surface area contributed by atoms with Crippen LogP contribution in [0.15, 0.2) is 23.1 Å². The van der Waals surface area contributed by atoms with Crippen molar-refractivity contribution >= 4 is 0 Å². The largest absolute Gasteiger partial charge is 0.329 e. The van der Waals surface area contributed by atoms with Gasteiger partial charge in [0, 0.05) is 18.3 Å². The highest BCUT2D eigenvalue weighted by Gasteiger charge is 2.24. The zero-order chi connectivity index (χ0) is 9.97. The van der Waals surface area contributed by atoms with Crippen molar-refractivity contribution < 1.29 is 0 Å². The number of pyridine rings is 1. The second-order valence-corrected chi connectivity index (χ2v) is 3.77. The number of H-pyrrole nitrogens is 1. The van der Waals surface area contributed by atoms with Crippen LogP contribution in [0, 0.1) is 0 Å². The second kappa shape index (κ2) is 3.96. The van der Waals surface area contributed by atoms with E-state index in [1.807, 2.05) is 12.3 Å². The zero-order valence-corrected chi connectivity index (χ0v) is 8.49. The molecule has 0 aromatic carbocycles. The average Bonchev–Trinajstić information content (AvgIpc) is 2.67. The van der Waals surface area contributed by atoms with Crippen LogP contribution in [0.25, 0.3) is 0 Å². The summed E-state index contributed by atoms with van der Waals surface area (Å²) < 4.78 is 0. The van der Waals surface area contributed by atoms with Gasteiger partial charge in [-0.1, -0.05) is 13.0 Å². The Balaban J connectivity index is 2.21. The van der Waals surface area contributed by atoms with Crippen molar-refractivity contribution in [3.63, 3.8) is 0 Å². The molecule has 0 radical (unpaired) electrons. The van der Waals surface area contributed by atoms with Crippen molar-refractivity contribution in [2.24, 2.45) is 0 Å². The van der Waals surface area contributed by atoms with E-state index in [4.69, 9.17) is 0 Å². The Morgan fingerprint density at radius 1 is 1.57 bits per heavy atom. The summed E-state index contributed by atoms with van der Waals surface area (Å²) in [5, 5.41) is 0. The van der Waals surface area contributed by atoms with Crippen molar-refractivity contribution in [1.82, 2.24) is 9.88 Å². The van der Waals surface area contributed by atoms with E-state index in [-0.39, 0.29) is 5.56 Å². The Kier molecular flexibility index (Phi) is 2.68. The maximum atomic E-state index is 10.9. The van der Waals surface area contributed by atoms with Gasteiger partial charge in [0.25, 0.3) is 0 Å². The van der Waals surface area contributed by atoms with Crippen LogP contribution in [0.4, 0.5) is 0 Å². The van der Waals surface area contributed by atoms with E-state index in [1.165, 1.54) is 24.9 Å². The van der Waals surface area contributed by atoms with Gasteiger partial charge in [0.15, 0.2) is 0 Å². The first-order valence-corrected chi connectivity index (χ1v) is 5.24. The van der Waals surface area contributed by atoms with E-state index in [1.54, 1.807) is 6.07 Å². The molecule has 1 aliphatic rings. The lowest BCUT2D eigenvalue weighted by Gasteiger charge is -2.22. The number of rotatable bonds is 2. The molecule has 2 heterocycles. The lowest BCUT2D eigenvalue weighted by Crippen LogP contribution is -2.23. The summed E-state index contributed by atoms with van der Waals surface area (Å²) in [6, 6.07) is 4.07. The second-order valence-electron chi connectivity index (χ2n) is 3.77. The maximum Gasteiger partial charge on any atom is 0.247 e. The van der Waals surface area contributed by atoms with Gasteiger partial charge in [-0.25, -0.2) is 0 Å². The highest BCUT2D eigenvalue weighted by Crippen LogP contribution is 2.30. The van der Waals surface area contributed by atoms with Crippen LogP contribution >= 0.6 is 0 Å². The number of nitrogens with zero attached hydrogens (tertiary/aromatic N) is 1. The molecule has 1 aromatic rings. The van der Waals surface area contributed by atoms with Crippen LogP contribution in [0.2, 0.25) is 0 Å². The third kappa shape index (κ3) is 1.73. The Bertz CT molecular complexity index is 338. The smallest absolute Gasteiger partial charge is 0.247 e. The van der Waals surface area contributed by atoms with Gasteiger partial charge in [0.1, 0.15) is 0 Å². The van der Waals surface area contributed by atoms with Crippen LogP contribution in [-0.2, 0) is 0 Å². The van der Waals surface area contributed by atoms with Crippen molar-refractivity contribution in [2.45, 2.75) is 25.8 Å². The van der Waals surface area contributed by atoms with Crippen LogP contribution in [0.5, 0.6) is 0 Å². The fraction of sp³-hybridized carbons (Fsp3) is 0.545. The van der Waals surface area contributed by atoms with Gasteiger partial charge in [-0.15, -0.1) is 0 Å². The Morgan fingerprint density at radius 3 is 3.07 bits per heavy atom. The third-order valence-corrected chi connectivity index (χ3v) is 2.96. The number of likely N-dealkylation sites (tertiary alicyclic amines) is 1. The van der Waals surface area contributed by atoms with E-state index in [0.717, 1.165) is 6.54 Å². The number of nitrogens with one attached hydrogen (secondary N) is 1. The summed E-state index contributed by atoms with van der Waals surface area (Å²) in [6.07, 6.45) is 4.32. The maximum absolute atomic E-state index is 10.9. The third-order valence-electron chi connectivity index (χ3n) is 2.96. The van der Waals surface area contributed by atoms with Crippen LogP contribution in [0.1, 0.15) is 31.4 Å². The van der Waals surface area contributed by atoms with Crippen molar-refractivity contribution in [3.05, 3.63) is 34.2 Å². The normalized spacial score (nSPS) is 22.8. The summed E-state index contributed by atoms with van der Waals surface area (Å²) in [4.78, 5) is 16.1. The summed E-state index contributed by atoms with van der Waals surface area (Å²) in [5.41, 5.74) is 1.22. The molecular formula is C11H16N2O. The predicted octanol–water partition coefficient (Wildman–Crippen LogP) is 1.53. The van der Waals surface area contributed by atoms with Gasteiger partial charge >= 0.3 is 0 Å². The first-order chi connectivity index (χ1) is 6.81. The van der Waals surface area contributed by atoms with Gasteiger partial charge in [-0.3, -0.25) is 9.69 Å². The van der Waals surface area contributed by atoms with Crippen molar-refractivity contribution in [3.8, 4) is 0 Å². The highest BCUT2D eigenvalue weighted by molar-refractivity contribution is 5.15. The molecule has 0 unspecified atom stereocenters. The quantitative estimate of drug-likeness (QED) is 0.771. The molecule has 3 nitrogen and oxygen atoms in total. The fourth-order valence-electron chi connectivity index (χ4n) is 2.21. The first kappa shape index (κ1) is 9.46. The number of hydrogen-bond acceptors (Lipinski definition) is 2. The minimum atomic E-state index is -0.0187. The SMILES string of the molecule is CCN1CCC[C@H]1c1ccc(=O)[nH]c1. The minimum Gasteiger partial charge on any atom is -0.329 e. The first-order valence-electron chi connectivity index (χ1n) is 5.24. The molecule has 2 rings (SSSR count). The Morgan fingerprint density at radius 2 is 2.43 bits per heavy atom. The molecule has 1 N–H and O–H groups in total. The van der Waals surface area contributed by atoms with Crippen LogP contribution < -0.4 is 5.56 Å². The summed E-state index contributed by atoms with van der Waals surface area (Å²) in [5.74, 6) is 0. The van der Waals surface area contributed by atoms with Gasteiger partial charge in [-0.2, -0.15) is 0 Å². The molecule has 1 saturated heterocycles. The van der Waals surface area contributed by atoms with Gasteiger partial charge in [0.2, 0.25) is 5.56 Å². The van der Waals surface area contributed by atoms with E-state index in [0.29, 0.717) is 6.04 Å². The van der Waals surface area contributed by atoms with E-state index < -0.39 is 0 Å². The minimum absolute atomic E-state index is 0.0187. The average molecular weight is 192 g/mol. The number of hydrogen-bond donors (Lipinski definition) is 1. The molecular weight excluding hydrogens is 176 g/mol. The lowest BCUT2D eigenvalue weighted by molar-refractivity contribution is 0.271. The molecule has 14 heavy (non-hydrogen) atoms. The van der Waals surface area contributed by atoms with E-state index >= 15 is 0 Å². The molecule has 1 aromatic heterocycles. The molecule has 1 aliphatic heterocycles. The van der Waals surface area contributed by atoms with Crippen molar-refractivity contribution in [2.75, 3.05) is 13.1 Å². The van der Waals surface area contributed by atoms with Gasteiger partial charge < -0.3 is 4.98 Å². The molecule has 0 bridgehead atoms. The van der Waals surface area contributed by atoms with Gasteiger partial charge in [0.05, 0.1) is 0 Å². The van der Waals surface area contributed by atoms with E-state index in [9.17, 15) is 4.79 Å². The van der Waals surface area contributed by atoms with Crippen molar-refractivity contribution in [1.29, 1.82) is 0 Å². The molecule has 0 spiro atoms. The van der Waals surface area contributed by atoms with Crippen LogP contribution in [-0.4, -0.2) is 23.0 Å². The predicted molar refractivity (Wildman–Crippen MR) is 56.3 cm³/mol. The molecule has 1 atom stereocenters. The van der Waals surface area contributed by atoms with Gasteiger partial charge in [-0.05, 0) is 31.5 Å². The summed E-state index contributed by atoms with van der Waals surface area (Å²) in [6.45, 7) is 4.45. The number of aromatic amines is 1. The highest BCUT2D eigenvalue weighted by atomic mass is 16.1. The Hall–Kier alpha value is -1.09. The molecule has 0 aliphatic carbocycles. The topological polar surface area (TPSA) is 36.1 Å². The zero-order valence-electron chi connectivity index (χ0n) is 8.49. The van der Waals surface area contributed by atoms with Crippen LogP contribution in [0.3, 0.4) is 0 Å². The molecule has 1 fully saturated rings. The fourth-order valence-corrected chi connectivity index (χ4v) is 2.21. The molecule has 0 amide bonds. The number of aromatic nitrogens is 1. The molecule has 3 heteroatoms. The summed E-state index contributed by atoms with van der Waals surface area (Å²) in [7, 11) is 0.